The smallest absolute Gasteiger partial charge is 0.220 e. The molecule has 1 rings (SSSR count). The number of hydrogen-bond donors (Lipinski definition) is 1. The van der Waals surface area contributed by atoms with Gasteiger partial charge in [0.25, 0.3) is 0 Å². The van der Waals surface area contributed by atoms with Gasteiger partial charge >= 0.3 is 0 Å². The molecule has 1 aromatic heterocycles. The molecule has 0 aliphatic heterocycles. The van der Waals surface area contributed by atoms with E-state index in [1.807, 2.05) is 16.8 Å². The van der Waals surface area contributed by atoms with E-state index in [0.29, 0.717) is 12.8 Å². The summed E-state index contributed by atoms with van der Waals surface area (Å²) in [4.78, 5) is 11.6. The van der Waals surface area contributed by atoms with E-state index in [4.69, 9.17) is 0 Å². The van der Waals surface area contributed by atoms with Gasteiger partial charge in [-0.25, -0.2) is 8.42 Å². The molecular formula is C13H21NO3S2. The summed E-state index contributed by atoms with van der Waals surface area (Å²) in [5.41, 5.74) is 1.14. The average molecular weight is 303 g/mol. The number of aryl methyl sites for hydroxylation is 1. The van der Waals surface area contributed by atoms with E-state index in [2.05, 4.69) is 5.32 Å². The van der Waals surface area contributed by atoms with Crippen molar-refractivity contribution in [2.45, 2.75) is 38.4 Å². The molecule has 0 bridgehead atoms. The lowest BCUT2D eigenvalue weighted by Gasteiger charge is -2.19. The Kier molecular flexibility index (Phi) is 5.55. The van der Waals surface area contributed by atoms with E-state index in [0.717, 1.165) is 5.56 Å². The fourth-order valence-electron chi connectivity index (χ4n) is 1.41. The van der Waals surface area contributed by atoms with Crippen molar-refractivity contribution in [1.29, 1.82) is 0 Å². The van der Waals surface area contributed by atoms with Gasteiger partial charge in [0.15, 0.2) is 9.84 Å². The van der Waals surface area contributed by atoms with Crippen molar-refractivity contribution in [3.8, 4) is 0 Å². The maximum atomic E-state index is 11.8. The second kappa shape index (κ2) is 6.52. The minimum absolute atomic E-state index is 0.0132. The van der Waals surface area contributed by atoms with Crippen LogP contribution in [0.25, 0.3) is 0 Å². The fourth-order valence-corrected chi connectivity index (χ4v) is 3.10. The summed E-state index contributed by atoms with van der Waals surface area (Å²) in [6.45, 7) is 5.18. The first-order chi connectivity index (χ1) is 8.72. The Balaban J connectivity index is 2.28. The van der Waals surface area contributed by atoms with Gasteiger partial charge in [0.1, 0.15) is 0 Å². The van der Waals surface area contributed by atoms with Crippen molar-refractivity contribution in [1.82, 2.24) is 5.32 Å². The molecule has 19 heavy (non-hydrogen) atoms. The number of hydrogen-bond acceptors (Lipinski definition) is 4. The van der Waals surface area contributed by atoms with Gasteiger partial charge in [0, 0.05) is 13.0 Å². The molecule has 0 aliphatic carbocycles. The fraction of sp³-hybridized carbons (Fsp3) is 0.615. The van der Waals surface area contributed by atoms with Crippen molar-refractivity contribution in [2.24, 2.45) is 0 Å². The van der Waals surface area contributed by atoms with Crippen LogP contribution in [0.2, 0.25) is 0 Å². The van der Waals surface area contributed by atoms with Crippen LogP contribution in [0, 0.1) is 0 Å². The highest BCUT2D eigenvalue weighted by atomic mass is 32.2. The van der Waals surface area contributed by atoms with Crippen LogP contribution < -0.4 is 5.32 Å². The normalized spacial score (nSPS) is 12.4. The maximum absolute atomic E-state index is 11.8. The Morgan fingerprint density at radius 2 is 2.05 bits per heavy atom. The molecule has 1 aromatic rings. The zero-order valence-electron chi connectivity index (χ0n) is 11.6. The Hall–Kier alpha value is -0.880. The lowest BCUT2D eigenvalue weighted by atomic mass is 10.2. The minimum Gasteiger partial charge on any atom is -0.355 e. The van der Waals surface area contributed by atoms with Crippen LogP contribution in [0.1, 0.15) is 32.8 Å². The Labute approximate surface area is 119 Å². The van der Waals surface area contributed by atoms with Crippen molar-refractivity contribution in [2.75, 3.05) is 12.3 Å². The first-order valence-electron chi connectivity index (χ1n) is 6.22. The van der Waals surface area contributed by atoms with Crippen LogP contribution in [-0.4, -0.2) is 31.4 Å². The summed E-state index contributed by atoms with van der Waals surface area (Å²) < 4.78 is 22.9. The number of carbonyl (C=O) groups is 1. The Morgan fingerprint density at radius 3 is 2.58 bits per heavy atom. The lowest BCUT2D eigenvalue weighted by Crippen LogP contribution is -2.36. The summed E-state index contributed by atoms with van der Waals surface area (Å²) in [6, 6.07) is 1.99. The zero-order valence-corrected chi connectivity index (χ0v) is 13.2. The second-order valence-electron chi connectivity index (χ2n) is 5.41. The van der Waals surface area contributed by atoms with E-state index in [9.17, 15) is 13.2 Å². The van der Waals surface area contributed by atoms with Crippen molar-refractivity contribution in [3.63, 3.8) is 0 Å². The van der Waals surface area contributed by atoms with Gasteiger partial charge in [-0.2, -0.15) is 11.3 Å². The SMILES string of the molecule is CC(C)(C)S(=O)(=O)CCNC(=O)CCc1ccsc1. The number of rotatable bonds is 6. The van der Waals surface area contributed by atoms with Crippen LogP contribution in [0.3, 0.4) is 0 Å². The Morgan fingerprint density at radius 1 is 1.37 bits per heavy atom. The molecule has 0 unspecified atom stereocenters. The number of carbonyl (C=O) groups excluding carboxylic acids is 1. The maximum Gasteiger partial charge on any atom is 0.220 e. The predicted molar refractivity (Wildman–Crippen MR) is 79.2 cm³/mol. The third kappa shape index (κ3) is 5.32. The van der Waals surface area contributed by atoms with Gasteiger partial charge in [0.05, 0.1) is 10.5 Å². The largest absolute Gasteiger partial charge is 0.355 e. The van der Waals surface area contributed by atoms with Gasteiger partial charge in [0.2, 0.25) is 5.91 Å². The molecule has 1 heterocycles. The van der Waals surface area contributed by atoms with Crippen LogP contribution in [0.5, 0.6) is 0 Å². The predicted octanol–water partition coefficient (Wildman–Crippen LogP) is 2.01. The molecule has 0 saturated heterocycles. The molecule has 108 valence electrons. The summed E-state index contributed by atoms with van der Waals surface area (Å²) in [5, 5.41) is 6.65. The second-order valence-corrected chi connectivity index (χ2v) is 9.06. The molecule has 0 radical (unpaired) electrons. The first kappa shape index (κ1) is 16.2. The van der Waals surface area contributed by atoms with E-state index in [-0.39, 0.29) is 18.2 Å². The van der Waals surface area contributed by atoms with Crippen molar-refractivity contribution >= 4 is 27.1 Å². The molecule has 6 heteroatoms. The Bertz CT molecular complexity index is 498. The van der Waals surface area contributed by atoms with Crippen LogP contribution >= 0.6 is 11.3 Å². The summed E-state index contributed by atoms with van der Waals surface area (Å²) in [5.74, 6) is -0.115. The molecular weight excluding hydrogens is 282 g/mol. The first-order valence-corrected chi connectivity index (χ1v) is 8.82. The third-order valence-electron chi connectivity index (χ3n) is 2.85. The summed E-state index contributed by atoms with van der Waals surface area (Å²) in [6.07, 6.45) is 1.09. The summed E-state index contributed by atoms with van der Waals surface area (Å²) in [7, 11) is -3.16. The van der Waals surface area contributed by atoms with Gasteiger partial charge in [-0.3, -0.25) is 4.79 Å². The van der Waals surface area contributed by atoms with E-state index in [1.165, 1.54) is 0 Å². The molecule has 0 atom stereocenters. The highest BCUT2D eigenvalue weighted by molar-refractivity contribution is 7.92. The molecule has 1 N–H and O–H groups in total. The van der Waals surface area contributed by atoms with Crippen LogP contribution in [0.4, 0.5) is 0 Å². The number of sulfone groups is 1. The topological polar surface area (TPSA) is 63.2 Å². The highest BCUT2D eigenvalue weighted by Crippen LogP contribution is 2.15. The molecule has 0 fully saturated rings. The van der Waals surface area contributed by atoms with Crippen LogP contribution in [0.15, 0.2) is 16.8 Å². The van der Waals surface area contributed by atoms with Gasteiger partial charge in [-0.15, -0.1) is 0 Å². The molecule has 0 aliphatic rings. The molecule has 0 spiro atoms. The molecule has 4 nitrogen and oxygen atoms in total. The van der Waals surface area contributed by atoms with Crippen molar-refractivity contribution in [3.05, 3.63) is 22.4 Å². The van der Waals surface area contributed by atoms with E-state index < -0.39 is 14.6 Å². The quantitative estimate of drug-likeness (QED) is 0.874. The zero-order chi connectivity index (χ0) is 14.5. The highest BCUT2D eigenvalue weighted by Gasteiger charge is 2.28. The van der Waals surface area contributed by atoms with Crippen LogP contribution in [-0.2, 0) is 21.1 Å². The number of nitrogens with one attached hydrogen (secondary N) is 1. The molecule has 0 aromatic carbocycles. The summed E-state index contributed by atoms with van der Waals surface area (Å²) >= 11 is 1.60. The van der Waals surface area contributed by atoms with Gasteiger partial charge in [-0.1, -0.05) is 0 Å². The standard InChI is InChI=1S/C13H21NO3S2/c1-13(2,3)19(16,17)9-7-14-12(15)5-4-11-6-8-18-10-11/h6,8,10H,4-5,7,9H2,1-3H3,(H,14,15). The third-order valence-corrected chi connectivity index (χ3v) is 6.19. The monoisotopic (exact) mass is 303 g/mol. The lowest BCUT2D eigenvalue weighted by molar-refractivity contribution is -0.120. The van der Waals surface area contributed by atoms with E-state index >= 15 is 0 Å². The number of thiophene rings is 1. The average Bonchev–Trinajstić information content (AvgIpc) is 2.77. The molecule has 1 amide bonds. The van der Waals surface area contributed by atoms with E-state index in [1.54, 1.807) is 32.1 Å². The number of amides is 1. The van der Waals surface area contributed by atoms with Crippen molar-refractivity contribution < 1.29 is 13.2 Å². The minimum atomic E-state index is -3.16. The van der Waals surface area contributed by atoms with Gasteiger partial charge in [-0.05, 0) is 49.6 Å². The molecule has 0 saturated carbocycles. The van der Waals surface area contributed by atoms with Gasteiger partial charge < -0.3 is 5.32 Å².